The summed E-state index contributed by atoms with van der Waals surface area (Å²) in [4.78, 5) is -0.229. The van der Waals surface area contributed by atoms with Crippen molar-refractivity contribution in [3.05, 3.63) is 239 Å². The van der Waals surface area contributed by atoms with Gasteiger partial charge in [-0.25, -0.2) is 0 Å². The molecule has 10 nitrogen and oxygen atoms in total. The van der Waals surface area contributed by atoms with Gasteiger partial charge in [0.1, 0.15) is 86.5 Å². The van der Waals surface area contributed by atoms with Gasteiger partial charge in [0.15, 0.2) is 0 Å². The molecule has 334 valence electrons. The lowest BCUT2D eigenvalue weighted by Crippen LogP contribution is -2.04. The maximum absolute atomic E-state index is 11.6. The summed E-state index contributed by atoms with van der Waals surface area (Å²) in [5.74, 6) is 3.98. The molecule has 0 bridgehead atoms. The summed E-state index contributed by atoms with van der Waals surface area (Å²) in [6.07, 6.45) is 0. The highest BCUT2D eigenvalue weighted by atomic mass is 32.2. The molecular formula is C55H48O10S. The number of rotatable bonds is 22. The van der Waals surface area contributed by atoms with Crippen LogP contribution in [0.25, 0.3) is 0 Å². The molecule has 0 saturated carbocycles. The fraction of sp³-hybridized carbons (Fsp3) is 0.127. The molecule has 66 heavy (non-hydrogen) atoms. The fourth-order valence-corrected chi connectivity index (χ4v) is 7.29. The van der Waals surface area contributed by atoms with Crippen LogP contribution in [0.3, 0.4) is 0 Å². The largest absolute Gasteiger partial charge is 0.489 e. The van der Waals surface area contributed by atoms with Crippen LogP contribution in [0.4, 0.5) is 0 Å². The number of hydrogen-bond donors (Lipinski definition) is 1. The zero-order chi connectivity index (χ0) is 45.4. The summed E-state index contributed by atoms with van der Waals surface area (Å²) in [6, 6.07) is 62.4. The molecule has 0 aliphatic rings. The lowest BCUT2D eigenvalue weighted by Gasteiger charge is -2.16. The van der Waals surface area contributed by atoms with E-state index in [0.717, 1.165) is 38.9 Å². The molecule has 8 aromatic rings. The van der Waals surface area contributed by atoms with E-state index in [1.165, 1.54) is 24.3 Å². The third kappa shape index (κ3) is 13.9. The van der Waals surface area contributed by atoms with Crippen LogP contribution < -0.4 is 33.2 Å². The Morgan fingerprint density at radius 3 is 0.742 bits per heavy atom. The van der Waals surface area contributed by atoms with E-state index in [9.17, 15) is 13.0 Å². The Kier molecular flexibility index (Phi) is 15.1. The molecule has 0 radical (unpaired) electrons. The second-order valence-electron chi connectivity index (χ2n) is 15.3. The summed E-state index contributed by atoms with van der Waals surface area (Å²) in [6.45, 7) is 1.97. The third-order valence-electron chi connectivity index (χ3n) is 10.2. The van der Waals surface area contributed by atoms with E-state index in [0.29, 0.717) is 66.7 Å². The zero-order valence-corrected chi connectivity index (χ0v) is 36.8. The molecule has 0 spiro atoms. The highest BCUT2D eigenvalue weighted by Crippen LogP contribution is 2.31. The Morgan fingerprint density at radius 1 is 0.273 bits per heavy atom. The van der Waals surface area contributed by atoms with Crippen molar-refractivity contribution in [2.24, 2.45) is 0 Å². The number of benzene rings is 8. The van der Waals surface area contributed by atoms with E-state index in [2.05, 4.69) is 0 Å². The molecule has 0 unspecified atom stereocenters. The van der Waals surface area contributed by atoms with Gasteiger partial charge in [0, 0.05) is 18.2 Å². The molecule has 0 atom stereocenters. The molecule has 0 fully saturated rings. The van der Waals surface area contributed by atoms with Crippen molar-refractivity contribution in [3.8, 4) is 40.2 Å². The Balaban J connectivity index is 1.03. The minimum absolute atomic E-state index is 0.0966. The minimum Gasteiger partial charge on any atom is -0.489 e. The summed E-state index contributed by atoms with van der Waals surface area (Å²) in [5, 5.41) is 0. The second kappa shape index (κ2) is 22.3. The molecule has 1 N–H and O–H groups in total. The lowest BCUT2D eigenvalue weighted by atomic mass is 10.2. The maximum Gasteiger partial charge on any atom is 0.294 e. The predicted molar refractivity (Wildman–Crippen MR) is 252 cm³/mol. The lowest BCUT2D eigenvalue weighted by molar-refractivity contribution is 0.273. The van der Waals surface area contributed by atoms with Crippen LogP contribution in [0, 0.1) is 0 Å². The molecule has 0 aliphatic heterocycles. The first-order valence-electron chi connectivity index (χ1n) is 21.3. The molecule has 0 amide bonds. The van der Waals surface area contributed by atoms with Gasteiger partial charge in [-0.15, -0.1) is 0 Å². The third-order valence-corrected chi connectivity index (χ3v) is 11.0. The van der Waals surface area contributed by atoms with Gasteiger partial charge in [-0.3, -0.25) is 4.55 Å². The predicted octanol–water partition coefficient (Wildman–Crippen LogP) is 12.0. The zero-order valence-electron chi connectivity index (χ0n) is 36.0. The second-order valence-corrected chi connectivity index (χ2v) is 16.8. The van der Waals surface area contributed by atoms with Crippen molar-refractivity contribution in [2.75, 3.05) is 0 Å². The van der Waals surface area contributed by atoms with Crippen LogP contribution in [0.5, 0.6) is 40.2 Å². The van der Waals surface area contributed by atoms with Gasteiger partial charge in [-0.1, -0.05) is 121 Å². The molecule has 0 aliphatic carbocycles. The van der Waals surface area contributed by atoms with Crippen molar-refractivity contribution in [3.63, 3.8) is 0 Å². The summed E-state index contributed by atoms with van der Waals surface area (Å²) >= 11 is 0. The normalized spacial score (nSPS) is 11.0. The average Bonchev–Trinajstić information content (AvgIpc) is 3.35. The molecular weight excluding hydrogens is 853 g/mol. The SMILES string of the molecule is O=S(=O)(O)c1ccc(OCc2cc(OCc3cc(OCc4ccccc4)cc(OCc4ccccc4)c3)cc(OCc3cc(OCc4ccccc4)cc(OCc4ccccc4)c3)c2)cc1. The van der Waals surface area contributed by atoms with Crippen LogP contribution in [-0.2, 0) is 56.4 Å². The molecule has 0 aromatic heterocycles. The van der Waals surface area contributed by atoms with E-state index in [1.807, 2.05) is 176 Å². The summed E-state index contributed by atoms with van der Waals surface area (Å²) in [7, 11) is -4.35. The first-order valence-corrected chi connectivity index (χ1v) is 22.7. The minimum atomic E-state index is -4.35. The Labute approximate surface area is 385 Å². The highest BCUT2D eigenvalue weighted by molar-refractivity contribution is 7.85. The van der Waals surface area contributed by atoms with Gasteiger partial charge < -0.3 is 33.2 Å². The van der Waals surface area contributed by atoms with Crippen molar-refractivity contribution in [2.45, 2.75) is 51.1 Å². The molecule has 0 saturated heterocycles. The van der Waals surface area contributed by atoms with Crippen molar-refractivity contribution in [1.29, 1.82) is 0 Å². The fourth-order valence-electron chi connectivity index (χ4n) is 6.81. The van der Waals surface area contributed by atoms with Crippen molar-refractivity contribution < 1.29 is 46.1 Å². The van der Waals surface area contributed by atoms with E-state index in [4.69, 9.17) is 33.2 Å². The van der Waals surface area contributed by atoms with Gasteiger partial charge in [-0.2, -0.15) is 8.42 Å². The maximum atomic E-state index is 11.6. The van der Waals surface area contributed by atoms with Crippen LogP contribution in [0.15, 0.2) is 205 Å². The monoisotopic (exact) mass is 900 g/mol. The molecule has 8 aromatic carbocycles. The van der Waals surface area contributed by atoms with Crippen LogP contribution in [0.2, 0.25) is 0 Å². The molecule has 8 rings (SSSR count). The Morgan fingerprint density at radius 2 is 0.500 bits per heavy atom. The van der Waals surface area contributed by atoms with E-state index in [-0.39, 0.29) is 24.7 Å². The Hall–Kier alpha value is -7.73. The van der Waals surface area contributed by atoms with Crippen LogP contribution >= 0.6 is 0 Å². The van der Waals surface area contributed by atoms with E-state index < -0.39 is 10.1 Å². The molecule has 11 heteroatoms. The van der Waals surface area contributed by atoms with E-state index in [1.54, 1.807) is 0 Å². The van der Waals surface area contributed by atoms with Gasteiger partial charge >= 0.3 is 0 Å². The number of hydrogen-bond acceptors (Lipinski definition) is 9. The van der Waals surface area contributed by atoms with Gasteiger partial charge in [0.05, 0.1) is 4.90 Å². The average molecular weight is 901 g/mol. The standard InChI is InChI=1S/C55H48O10S/c56-66(57,58)55-23-21-48(22-24-55)59-38-45-25-53(64-39-46-27-49(60-34-41-13-5-1-6-14-41)31-50(28-46)61-35-42-15-7-2-8-16-42)33-54(26-45)65-40-47-29-51(62-36-43-17-9-3-10-18-43)32-52(30-47)63-37-44-19-11-4-12-20-44/h1-33H,34-40H2,(H,56,57,58). The number of ether oxygens (including phenoxy) is 7. The van der Waals surface area contributed by atoms with E-state index >= 15 is 0 Å². The van der Waals surface area contributed by atoms with Crippen molar-refractivity contribution in [1.82, 2.24) is 0 Å². The van der Waals surface area contributed by atoms with Crippen LogP contribution in [0.1, 0.15) is 38.9 Å². The first-order chi connectivity index (χ1) is 32.3. The van der Waals surface area contributed by atoms with Gasteiger partial charge in [-0.05, 0) is 99.6 Å². The molecule has 0 heterocycles. The quantitative estimate of drug-likeness (QED) is 0.0659. The smallest absolute Gasteiger partial charge is 0.294 e. The topological polar surface area (TPSA) is 119 Å². The summed E-state index contributed by atoms with van der Waals surface area (Å²) in [5.41, 5.74) is 6.51. The van der Waals surface area contributed by atoms with Gasteiger partial charge in [0.2, 0.25) is 0 Å². The van der Waals surface area contributed by atoms with Gasteiger partial charge in [0.25, 0.3) is 10.1 Å². The summed E-state index contributed by atoms with van der Waals surface area (Å²) < 4.78 is 76.7. The first kappa shape index (κ1) is 44.9. The van der Waals surface area contributed by atoms with Crippen molar-refractivity contribution >= 4 is 10.1 Å². The Bertz CT molecular complexity index is 2600. The highest BCUT2D eigenvalue weighted by Gasteiger charge is 2.13. The van der Waals surface area contributed by atoms with Crippen LogP contribution in [-0.4, -0.2) is 13.0 Å².